The van der Waals surface area contributed by atoms with E-state index in [2.05, 4.69) is 21.4 Å². The summed E-state index contributed by atoms with van der Waals surface area (Å²) in [6, 6.07) is 17.6. The zero-order valence-electron chi connectivity index (χ0n) is 16.0. The zero-order chi connectivity index (χ0) is 19.4. The molecule has 4 rings (SSSR count). The maximum absolute atomic E-state index is 10.2. The molecule has 2 aromatic heterocycles. The smallest absolute Gasteiger partial charge is 0.222 e. The monoisotopic (exact) mass is 375 g/mol. The largest absolute Gasteiger partial charge is 0.439 e. The van der Waals surface area contributed by atoms with Crippen LogP contribution >= 0.6 is 0 Å². The van der Waals surface area contributed by atoms with Crippen molar-refractivity contribution in [3.63, 3.8) is 0 Å². The van der Waals surface area contributed by atoms with E-state index < -0.39 is 5.60 Å². The van der Waals surface area contributed by atoms with E-state index >= 15 is 0 Å². The normalized spacial score (nSPS) is 21.9. The molecular weight excluding hydrogens is 350 g/mol. The molecule has 0 saturated heterocycles. The first kappa shape index (κ1) is 18.4. The maximum Gasteiger partial charge on any atom is 0.222 e. The lowest BCUT2D eigenvalue weighted by Gasteiger charge is -2.33. The number of rotatable bonds is 5. The van der Waals surface area contributed by atoms with Crippen LogP contribution in [0.2, 0.25) is 0 Å². The summed E-state index contributed by atoms with van der Waals surface area (Å²) in [6.07, 6.45) is 7.02. The average molecular weight is 375 g/mol. The van der Waals surface area contributed by atoms with Gasteiger partial charge in [0.25, 0.3) is 0 Å². The van der Waals surface area contributed by atoms with Crippen molar-refractivity contribution in [3.05, 3.63) is 72.6 Å². The summed E-state index contributed by atoms with van der Waals surface area (Å²) < 4.78 is 6.10. The van der Waals surface area contributed by atoms with Gasteiger partial charge in [0.1, 0.15) is 11.6 Å². The maximum atomic E-state index is 10.2. The van der Waals surface area contributed by atoms with Crippen molar-refractivity contribution >= 4 is 11.5 Å². The first-order valence-corrected chi connectivity index (χ1v) is 9.72. The van der Waals surface area contributed by atoms with Gasteiger partial charge in [-0.1, -0.05) is 12.1 Å². The Labute approximate surface area is 165 Å². The van der Waals surface area contributed by atoms with Gasteiger partial charge in [-0.15, -0.1) is 0 Å². The van der Waals surface area contributed by atoms with E-state index in [9.17, 15) is 5.11 Å². The topological polar surface area (TPSA) is 67.3 Å². The van der Waals surface area contributed by atoms with Gasteiger partial charge in [0.05, 0.1) is 5.60 Å². The van der Waals surface area contributed by atoms with Crippen LogP contribution in [0.4, 0.5) is 11.5 Å². The Balaban J connectivity index is 1.46. The van der Waals surface area contributed by atoms with Gasteiger partial charge in [0.15, 0.2) is 0 Å². The summed E-state index contributed by atoms with van der Waals surface area (Å²) in [5.74, 6) is 2.57. The second-order valence-corrected chi connectivity index (χ2v) is 7.64. The first-order valence-electron chi connectivity index (χ1n) is 9.72. The molecule has 144 valence electrons. The van der Waals surface area contributed by atoms with Gasteiger partial charge in [-0.25, -0.2) is 9.97 Å². The number of ether oxygens (including phenoxy) is 1. The minimum Gasteiger partial charge on any atom is -0.439 e. The molecule has 1 saturated carbocycles. The van der Waals surface area contributed by atoms with Crippen molar-refractivity contribution in [2.75, 3.05) is 5.32 Å². The molecule has 0 amide bonds. The lowest BCUT2D eigenvalue weighted by Crippen LogP contribution is -2.29. The number of hydrogen-bond acceptors (Lipinski definition) is 5. The van der Waals surface area contributed by atoms with Gasteiger partial charge in [-0.05, 0) is 81.0 Å². The van der Waals surface area contributed by atoms with E-state index in [-0.39, 0.29) is 0 Å². The third-order valence-electron chi connectivity index (χ3n) is 5.31. The van der Waals surface area contributed by atoms with E-state index in [0.29, 0.717) is 11.8 Å². The molecule has 0 radical (unpaired) electrons. The van der Waals surface area contributed by atoms with Gasteiger partial charge >= 0.3 is 0 Å². The van der Waals surface area contributed by atoms with Crippen LogP contribution in [0.1, 0.15) is 44.1 Å². The summed E-state index contributed by atoms with van der Waals surface area (Å²) >= 11 is 0. The SMILES string of the molecule is C[C@]1(O)CC[C@H](c2cccnc2Oc2ccc(Nc3ccccn3)cc2)CC1. The second kappa shape index (κ2) is 7.98. The molecule has 2 N–H and O–H groups in total. The zero-order valence-corrected chi connectivity index (χ0v) is 16.0. The van der Waals surface area contributed by atoms with Crippen molar-refractivity contribution in [1.29, 1.82) is 0 Å². The number of aromatic nitrogens is 2. The minimum absolute atomic E-state index is 0.369. The Kier molecular flexibility index (Phi) is 5.26. The van der Waals surface area contributed by atoms with Crippen molar-refractivity contribution in [2.45, 2.75) is 44.1 Å². The summed E-state index contributed by atoms with van der Waals surface area (Å²) in [5, 5.41) is 13.5. The molecule has 2 heterocycles. The van der Waals surface area contributed by atoms with Crippen LogP contribution in [-0.2, 0) is 0 Å². The Hall–Kier alpha value is -2.92. The molecular formula is C23H25N3O2. The number of nitrogens with one attached hydrogen (secondary N) is 1. The molecule has 0 atom stereocenters. The van der Waals surface area contributed by atoms with Crippen LogP contribution in [-0.4, -0.2) is 20.7 Å². The van der Waals surface area contributed by atoms with Crippen molar-refractivity contribution in [3.8, 4) is 11.6 Å². The predicted molar refractivity (Wildman–Crippen MR) is 110 cm³/mol. The minimum atomic E-state index is -0.545. The van der Waals surface area contributed by atoms with E-state index in [0.717, 1.165) is 48.5 Å². The molecule has 0 unspecified atom stereocenters. The molecule has 28 heavy (non-hydrogen) atoms. The van der Waals surface area contributed by atoms with E-state index in [4.69, 9.17) is 4.74 Å². The molecule has 1 fully saturated rings. The standard InChI is InChI=1S/C23H25N3O2/c1-23(27)13-11-17(12-14-23)20-5-4-16-25-22(20)28-19-9-7-18(8-10-19)26-21-6-2-3-15-24-21/h2-10,15-17,27H,11-14H2,1H3,(H,24,26)/t17-,23-. The Bertz CT molecular complexity index is 901. The van der Waals surface area contributed by atoms with Gasteiger partial charge < -0.3 is 15.2 Å². The fourth-order valence-electron chi connectivity index (χ4n) is 3.65. The summed E-state index contributed by atoms with van der Waals surface area (Å²) in [6.45, 7) is 1.92. The number of benzene rings is 1. The highest BCUT2D eigenvalue weighted by Gasteiger charge is 2.31. The van der Waals surface area contributed by atoms with Crippen LogP contribution in [0.25, 0.3) is 0 Å². The Morgan fingerprint density at radius 2 is 1.71 bits per heavy atom. The molecule has 0 aliphatic heterocycles. The average Bonchev–Trinajstić information content (AvgIpc) is 2.71. The van der Waals surface area contributed by atoms with Crippen LogP contribution in [0.3, 0.4) is 0 Å². The highest BCUT2D eigenvalue weighted by Crippen LogP contribution is 2.41. The van der Waals surface area contributed by atoms with Crippen LogP contribution in [0, 0.1) is 0 Å². The van der Waals surface area contributed by atoms with Crippen molar-refractivity contribution in [2.24, 2.45) is 0 Å². The van der Waals surface area contributed by atoms with Crippen molar-refractivity contribution < 1.29 is 9.84 Å². The number of aliphatic hydroxyl groups is 1. The van der Waals surface area contributed by atoms with E-state index in [1.165, 1.54) is 0 Å². The third kappa shape index (κ3) is 4.49. The van der Waals surface area contributed by atoms with Crippen LogP contribution in [0.5, 0.6) is 11.6 Å². The molecule has 0 spiro atoms. The van der Waals surface area contributed by atoms with E-state index in [1.807, 2.05) is 55.5 Å². The summed E-state index contributed by atoms with van der Waals surface area (Å²) in [4.78, 5) is 8.73. The lowest BCUT2D eigenvalue weighted by atomic mass is 9.77. The number of anilines is 2. The molecule has 1 aromatic carbocycles. The van der Waals surface area contributed by atoms with E-state index in [1.54, 1.807) is 12.4 Å². The second-order valence-electron chi connectivity index (χ2n) is 7.64. The lowest BCUT2D eigenvalue weighted by molar-refractivity contribution is 0.0169. The molecule has 1 aliphatic carbocycles. The fourth-order valence-corrected chi connectivity index (χ4v) is 3.65. The quantitative estimate of drug-likeness (QED) is 0.623. The number of nitrogens with zero attached hydrogens (tertiary/aromatic N) is 2. The number of hydrogen-bond donors (Lipinski definition) is 2. The van der Waals surface area contributed by atoms with Gasteiger partial charge in [-0.3, -0.25) is 0 Å². The highest BCUT2D eigenvalue weighted by molar-refractivity contribution is 5.57. The molecule has 1 aliphatic rings. The molecule has 3 aromatic rings. The van der Waals surface area contributed by atoms with Gasteiger partial charge in [0, 0.05) is 23.6 Å². The highest BCUT2D eigenvalue weighted by atomic mass is 16.5. The van der Waals surface area contributed by atoms with Gasteiger partial charge in [0.2, 0.25) is 5.88 Å². The molecule has 5 nitrogen and oxygen atoms in total. The first-order chi connectivity index (χ1) is 13.6. The van der Waals surface area contributed by atoms with Gasteiger partial charge in [-0.2, -0.15) is 0 Å². The number of pyridine rings is 2. The predicted octanol–water partition coefficient (Wildman–Crippen LogP) is 5.42. The van der Waals surface area contributed by atoms with Crippen molar-refractivity contribution in [1.82, 2.24) is 9.97 Å². The Morgan fingerprint density at radius 3 is 2.43 bits per heavy atom. The third-order valence-corrected chi connectivity index (χ3v) is 5.31. The molecule has 5 heteroatoms. The van der Waals surface area contributed by atoms with Crippen LogP contribution in [0.15, 0.2) is 67.0 Å². The Morgan fingerprint density at radius 1 is 0.964 bits per heavy atom. The summed E-state index contributed by atoms with van der Waals surface area (Å²) in [7, 11) is 0. The summed E-state index contributed by atoms with van der Waals surface area (Å²) in [5.41, 5.74) is 1.52. The van der Waals surface area contributed by atoms with Crippen LogP contribution < -0.4 is 10.1 Å². The molecule has 0 bridgehead atoms. The fraction of sp³-hybridized carbons (Fsp3) is 0.304.